The Labute approximate surface area is 78.9 Å². The van der Waals surface area contributed by atoms with E-state index in [2.05, 4.69) is 16.9 Å². The molecule has 0 aromatic carbocycles. The van der Waals surface area contributed by atoms with E-state index in [1.807, 2.05) is 6.92 Å². The molecule has 0 fully saturated rings. The van der Waals surface area contributed by atoms with Crippen molar-refractivity contribution in [3.8, 4) is 0 Å². The van der Waals surface area contributed by atoms with Crippen LogP contribution in [0.4, 0.5) is 0 Å². The molecule has 1 heterocycles. The van der Waals surface area contributed by atoms with E-state index >= 15 is 0 Å². The molecule has 0 saturated carbocycles. The van der Waals surface area contributed by atoms with Gasteiger partial charge in [0.05, 0.1) is 6.10 Å². The fraction of sp³-hybridized carbons (Fsp3) is 0.600. The maximum Gasteiger partial charge on any atom is 0.128 e. The first-order chi connectivity index (χ1) is 6.15. The van der Waals surface area contributed by atoms with Gasteiger partial charge in [0.25, 0.3) is 0 Å². The number of rotatable bonds is 3. The van der Waals surface area contributed by atoms with Crippen molar-refractivity contribution >= 4 is 0 Å². The fourth-order valence-electron chi connectivity index (χ4n) is 1.28. The summed E-state index contributed by atoms with van der Waals surface area (Å²) in [5, 5.41) is 9.35. The summed E-state index contributed by atoms with van der Waals surface area (Å²) < 4.78 is 0. The maximum atomic E-state index is 9.35. The summed E-state index contributed by atoms with van der Waals surface area (Å²) in [6.45, 7) is 5.73. The Hall–Kier alpha value is -0.960. The minimum absolute atomic E-state index is 0.476. The van der Waals surface area contributed by atoms with Crippen LogP contribution in [0.15, 0.2) is 6.20 Å². The van der Waals surface area contributed by atoms with Crippen molar-refractivity contribution in [1.82, 2.24) is 9.97 Å². The molecule has 0 aliphatic carbocycles. The highest BCUT2D eigenvalue weighted by molar-refractivity contribution is 5.18. The molecule has 13 heavy (non-hydrogen) atoms. The average molecular weight is 180 g/mol. The molecule has 0 aliphatic heterocycles. The topological polar surface area (TPSA) is 46.0 Å². The van der Waals surface area contributed by atoms with Crippen molar-refractivity contribution in [3.05, 3.63) is 23.3 Å². The monoisotopic (exact) mass is 180 g/mol. The number of aryl methyl sites for hydroxylation is 2. The Kier molecular flexibility index (Phi) is 3.37. The highest BCUT2D eigenvalue weighted by atomic mass is 16.3. The number of aromatic nitrogens is 2. The summed E-state index contributed by atoms with van der Waals surface area (Å²) in [7, 11) is 0. The predicted molar refractivity (Wildman–Crippen MR) is 51.4 cm³/mol. The van der Waals surface area contributed by atoms with Crippen LogP contribution >= 0.6 is 0 Å². The zero-order valence-corrected chi connectivity index (χ0v) is 8.41. The van der Waals surface area contributed by atoms with Gasteiger partial charge in [-0.3, -0.25) is 0 Å². The third-order valence-electron chi connectivity index (χ3n) is 1.99. The van der Waals surface area contributed by atoms with Crippen LogP contribution in [-0.4, -0.2) is 15.1 Å². The quantitative estimate of drug-likeness (QED) is 0.771. The van der Waals surface area contributed by atoms with Crippen LogP contribution in [0.3, 0.4) is 0 Å². The fourth-order valence-corrected chi connectivity index (χ4v) is 1.28. The van der Waals surface area contributed by atoms with Gasteiger partial charge in [-0.2, -0.15) is 0 Å². The Morgan fingerprint density at radius 2 is 2.23 bits per heavy atom. The first kappa shape index (κ1) is 10.1. The lowest BCUT2D eigenvalue weighted by molar-refractivity contribution is 0.197. The minimum atomic E-state index is -0.476. The van der Waals surface area contributed by atoms with E-state index in [0.717, 1.165) is 29.9 Å². The Balaban J connectivity index is 2.92. The van der Waals surface area contributed by atoms with Gasteiger partial charge in [0, 0.05) is 23.9 Å². The molecule has 0 amide bonds. The summed E-state index contributed by atoms with van der Waals surface area (Å²) in [6.07, 6.45) is 3.20. The molecular formula is C10H16N2O. The van der Waals surface area contributed by atoms with Crippen LogP contribution in [0.1, 0.15) is 43.5 Å². The molecule has 3 nitrogen and oxygen atoms in total. The zero-order chi connectivity index (χ0) is 9.84. The van der Waals surface area contributed by atoms with Gasteiger partial charge >= 0.3 is 0 Å². The van der Waals surface area contributed by atoms with E-state index in [9.17, 15) is 5.11 Å². The van der Waals surface area contributed by atoms with E-state index in [-0.39, 0.29) is 0 Å². The summed E-state index contributed by atoms with van der Waals surface area (Å²) in [6, 6.07) is 0. The van der Waals surface area contributed by atoms with Crippen LogP contribution in [0.2, 0.25) is 0 Å². The number of hydrogen-bond donors (Lipinski definition) is 1. The Morgan fingerprint density at radius 1 is 1.54 bits per heavy atom. The van der Waals surface area contributed by atoms with E-state index in [1.165, 1.54) is 0 Å². The lowest BCUT2D eigenvalue weighted by Gasteiger charge is -2.08. The molecule has 0 unspecified atom stereocenters. The molecule has 3 heteroatoms. The standard InChI is InChI=1S/C10H16N2O/c1-4-5-10-11-6-9(8(3)13)7(2)12-10/h6,8,13H,4-5H2,1-3H3/t8-/m1/s1. The third-order valence-corrected chi connectivity index (χ3v) is 1.99. The SMILES string of the molecule is CCCc1ncc([C@@H](C)O)c(C)n1. The highest BCUT2D eigenvalue weighted by Gasteiger charge is 2.07. The van der Waals surface area contributed by atoms with E-state index < -0.39 is 6.10 Å². The van der Waals surface area contributed by atoms with E-state index in [4.69, 9.17) is 0 Å². The summed E-state index contributed by atoms with van der Waals surface area (Å²) >= 11 is 0. The second-order valence-electron chi connectivity index (χ2n) is 3.25. The summed E-state index contributed by atoms with van der Waals surface area (Å²) in [5.74, 6) is 0.865. The van der Waals surface area contributed by atoms with E-state index in [0.29, 0.717) is 0 Å². The molecule has 0 bridgehead atoms. The normalized spacial score (nSPS) is 12.9. The van der Waals surface area contributed by atoms with Crippen molar-refractivity contribution in [3.63, 3.8) is 0 Å². The number of aliphatic hydroxyl groups excluding tert-OH is 1. The molecule has 0 saturated heterocycles. The van der Waals surface area contributed by atoms with Gasteiger partial charge in [-0.15, -0.1) is 0 Å². The van der Waals surface area contributed by atoms with Crippen molar-refractivity contribution in [2.24, 2.45) is 0 Å². The Morgan fingerprint density at radius 3 is 2.69 bits per heavy atom. The van der Waals surface area contributed by atoms with Gasteiger partial charge in [-0.05, 0) is 20.3 Å². The van der Waals surface area contributed by atoms with Crippen LogP contribution in [0.5, 0.6) is 0 Å². The molecule has 1 atom stereocenters. The molecule has 0 radical (unpaired) electrons. The van der Waals surface area contributed by atoms with Gasteiger partial charge in [0.1, 0.15) is 5.82 Å². The van der Waals surface area contributed by atoms with Crippen molar-refractivity contribution < 1.29 is 5.11 Å². The van der Waals surface area contributed by atoms with Crippen LogP contribution in [-0.2, 0) is 6.42 Å². The second kappa shape index (κ2) is 4.33. The predicted octanol–water partition coefficient (Wildman–Crippen LogP) is 1.79. The van der Waals surface area contributed by atoms with Crippen LogP contribution in [0.25, 0.3) is 0 Å². The Bertz CT molecular complexity index is 284. The number of aliphatic hydroxyl groups is 1. The largest absolute Gasteiger partial charge is 0.389 e. The molecule has 1 N–H and O–H groups in total. The number of nitrogens with zero attached hydrogens (tertiary/aromatic N) is 2. The molecular weight excluding hydrogens is 164 g/mol. The zero-order valence-electron chi connectivity index (χ0n) is 8.41. The first-order valence-corrected chi connectivity index (χ1v) is 4.65. The van der Waals surface area contributed by atoms with Gasteiger partial charge in [-0.25, -0.2) is 9.97 Å². The molecule has 72 valence electrons. The van der Waals surface area contributed by atoms with Crippen molar-refractivity contribution in [2.75, 3.05) is 0 Å². The first-order valence-electron chi connectivity index (χ1n) is 4.65. The van der Waals surface area contributed by atoms with Crippen molar-refractivity contribution in [1.29, 1.82) is 0 Å². The average Bonchev–Trinajstić information content (AvgIpc) is 2.04. The third kappa shape index (κ3) is 2.49. The molecule has 1 rings (SSSR count). The maximum absolute atomic E-state index is 9.35. The highest BCUT2D eigenvalue weighted by Crippen LogP contribution is 2.14. The molecule has 0 spiro atoms. The van der Waals surface area contributed by atoms with Gasteiger partial charge in [0.2, 0.25) is 0 Å². The molecule has 1 aromatic rings. The summed E-state index contributed by atoms with van der Waals surface area (Å²) in [4.78, 5) is 8.49. The van der Waals surface area contributed by atoms with Gasteiger partial charge in [0.15, 0.2) is 0 Å². The van der Waals surface area contributed by atoms with Crippen molar-refractivity contribution in [2.45, 2.75) is 39.7 Å². The van der Waals surface area contributed by atoms with Gasteiger partial charge in [-0.1, -0.05) is 6.92 Å². The minimum Gasteiger partial charge on any atom is -0.389 e. The molecule has 1 aromatic heterocycles. The lowest BCUT2D eigenvalue weighted by atomic mass is 10.1. The smallest absolute Gasteiger partial charge is 0.128 e. The molecule has 0 aliphatic rings. The lowest BCUT2D eigenvalue weighted by Crippen LogP contribution is -2.03. The van der Waals surface area contributed by atoms with E-state index in [1.54, 1.807) is 13.1 Å². The van der Waals surface area contributed by atoms with Crippen LogP contribution in [0, 0.1) is 6.92 Å². The summed E-state index contributed by atoms with van der Waals surface area (Å²) in [5.41, 5.74) is 1.70. The number of hydrogen-bond acceptors (Lipinski definition) is 3. The van der Waals surface area contributed by atoms with Crippen LogP contribution < -0.4 is 0 Å². The second-order valence-corrected chi connectivity index (χ2v) is 3.25. The van der Waals surface area contributed by atoms with Gasteiger partial charge < -0.3 is 5.11 Å².